The van der Waals surface area contributed by atoms with E-state index in [1.54, 1.807) is 6.08 Å². The summed E-state index contributed by atoms with van der Waals surface area (Å²) in [6, 6.07) is -0.641. The minimum Gasteiger partial charge on any atom is -0.466 e. The van der Waals surface area contributed by atoms with E-state index in [2.05, 4.69) is 31.3 Å². The number of aliphatic hydroxyl groups excluding tert-OH is 2. The molecule has 0 saturated heterocycles. The van der Waals surface area contributed by atoms with Gasteiger partial charge in [-0.3, -0.25) is 9.59 Å². The number of nitrogens with one attached hydrogen (secondary N) is 1. The third-order valence-electron chi connectivity index (χ3n) is 11.5. The second kappa shape index (κ2) is 47.0. The van der Waals surface area contributed by atoms with Crippen LogP contribution in [0.4, 0.5) is 0 Å². The highest BCUT2D eigenvalue weighted by molar-refractivity contribution is 5.76. The van der Waals surface area contributed by atoms with Gasteiger partial charge in [0, 0.05) is 12.8 Å². The quantitative estimate of drug-likeness (QED) is 0.0324. The predicted molar refractivity (Wildman–Crippen MR) is 246 cm³/mol. The van der Waals surface area contributed by atoms with E-state index in [0.717, 1.165) is 57.8 Å². The van der Waals surface area contributed by atoms with Gasteiger partial charge in [0.15, 0.2) is 0 Å². The fraction of sp³-hybridized carbons (Fsp3) is 0.882. The second-order valence-electron chi connectivity index (χ2n) is 17.1. The van der Waals surface area contributed by atoms with Gasteiger partial charge in [0.25, 0.3) is 0 Å². The Morgan fingerprint density at radius 2 is 0.825 bits per heavy atom. The molecule has 0 aromatic rings. The molecule has 0 aromatic heterocycles. The Morgan fingerprint density at radius 1 is 0.474 bits per heavy atom. The summed E-state index contributed by atoms with van der Waals surface area (Å²) in [4.78, 5) is 24.4. The molecule has 0 heterocycles. The zero-order valence-electron chi connectivity index (χ0n) is 38.1. The van der Waals surface area contributed by atoms with E-state index in [-0.39, 0.29) is 18.5 Å². The molecular weight excluding hydrogens is 707 g/mol. The first-order valence-electron chi connectivity index (χ1n) is 25.1. The van der Waals surface area contributed by atoms with Crippen LogP contribution in [-0.4, -0.2) is 47.4 Å². The number of esters is 1. The smallest absolute Gasteiger partial charge is 0.305 e. The lowest BCUT2D eigenvalue weighted by Crippen LogP contribution is -2.45. The molecule has 0 aromatic carbocycles. The topological polar surface area (TPSA) is 95.9 Å². The third-order valence-corrected chi connectivity index (χ3v) is 11.5. The maximum atomic E-state index is 12.4. The van der Waals surface area contributed by atoms with Crippen molar-refractivity contribution in [3.05, 3.63) is 24.3 Å². The van der Waals surface area contributed by atoms with E-state index in [1.807, 2.05) is 6.08 Å². The molecule has 336 valence electrons. The zero-order chi connectivity index (χ0) is 41.5. The van der Waals surface area contributed by atoms with Crippen molar-refractivity contribution in [1.29, 1.82) is 0 Å². The van der Waals surface area contributed by atoms with Crippen LogP contribution < -0.4 is 5.32 Å². The van der Waals surface area contributed by atoms with Crippen molar-refractivity contribution in [2.75, 3.05) is 13.2 Å². The Balaban J connectivity index is 3.53. The van der Waals surface area contributed by atoms with Crippen LogP contribution >= 0.6 is 0 Å². The average Bonchev–Trinajstić information content (AvgIpc) is 3.21. The summed E-state index contributed by atoms with van der Waals surface area (Å²) in [5.74, 6) is -0.112. The van der Waals surface area contributed by atoms with Gasteiger partial charge >= 0.3 is 5.97 Å². The highest BCUT2D eigenvalue weighted by Crippen LogP contribution is 2.16. The van der Waals surface area contributed by atoms with Crippen molar-refractivity contribution in [3.63, 3.8) is 0 Å². The molecule has 2 atom stereocenters. The number of hydrogen-bond acceptors (Lipinski definition) is 5. The number of hydrogen-bond donors (Lipinski definition) is 3. The summed E-state index contributed by atoms with van der Waals surface area (Å²) in [5.41, 5.74) is 0. The maximum Gasteiger partial charge on any atom is 0.305 e. The number of carbonyl (C=O) groups excluding carboxylic acids is 2. The minimum atomic E-state index is -0.856. The van der Waals surface area contributed by atoms with Crippen LogP contribution in [0.2, 0.25) is 0 Å². The molecule has 0 radical (unpaired) electrons. The van der Waals surface area contributed by atoms with Crippen LogP contribution in [0.25, 0.3) is 0 Å². The van der Waals surface area contributed by atoms with Gasteiger partial charge in [-0.25, -0.2) is 0 Å². The summed E-state index contributed by atoms with van der Waals surface area (Å²) in [6.45, 7) is 4.83. The number of aliphatic hydroxyl groups is 2. The number of unbranched alkanes of at least 4 members (excludes halogenated alkanes) is 33. The Kier molecular flexibility index (Phi) is 45.7. The molecule has 0 aliphatic carbocycles. The normalized spacial score (nSPS) is 12.8. The van der Waals surface area contributed by atoms with Crippen LogP contribution in [0.3, 0.4) is 0 Å². The van der Waals surface area contributed by atoms with Crippen LogP contribution in [-0.2, 0) is 14.3 Å². The fourth-order valence-electron chi connectivity index (χ4n) is 7.57. The Hall–Kier alpha value is -1.66. The number of amides is 1. The highest BCUT2D eigenvalue weighted by atomic mass is 16.5. The fourth-order valence-corrected chi connectivity index (χ4v) is 7.57. The van der Waals surface area contributed by atoms with Crippen molar-refractivity contribution in [2.45, 2.75) is 276 Å². The molecule has 1 amide bonds. The molecule has 0 bridgehead atoms. The van der Waals surface area contributed by atoms with Crippen molar-refractivity contribution >= 4 is 11.9 Å². The molecule has 0 rings (SSSR count). The van der Waals surface area contributed by atoms with Gasteiger partial charge in [0.1, 0.15) is 0 Å². The molecule has 57 heavy (non-hydrogen) atoms. The summed E-state index contributed by atoms with van der Waals surface area (Å²) in [5, 5.41) is 23.1. The Bertz CT molecular complexity index is 889. The van der Waals surface area contributed by atoms with Crippen LogP contribution in [0.5, 0.6) is 0 Å². The molecule has 2 unspecified atom stereocenters. The lowest BCUT2D eigenvalue weighted by atomic mass is 10.0. The van der Waals surface area contributed by atoms with E-state index >= 15 is 0 Å². The molecule has 6 heteroatoms. The lowest BCUT2D eigenvalue weighted by Gasteiger charge is -2.20. The van der Waals surface area contributed by atoms with Crippen molar-refractivity contribution in [2.24, 2.45) is 0 Å². The number of allylic oxidation sites excluding steroid dienone is 3. The molecule has 3 N–H and O–H groups in total. The van der Waals surface area contributed by atoms with E-state index in [9.17, 15) is 19.8 Å². The number of carbonyl (C=O) groups is 2. The largest absolute Gasteiger partial charge is 0.466 e. The van der Waals surface area contributed by atoms with Crippen molar-refractivity contribution in [3.8, 4) is 0 Å². The minimum absolute atomic E-state index is 0.0257. The molecule has 0 spiro atoms. The van der Waals surface area contributed by atoms with Crippen molar-refractivity contribution < 1.29 is 24.5 Å². The van der Waals surface area contributed by atoms with E-state index in [4.69, 9.17) is 4.74 Å². The summed E-state index contributed by atoms with van der Waals surface area (Å²) in [7, 11) is 0. The van der Waals surface area contributed by atoms with Gasteiger partial charge in [-0.15, -0.1) is 0 Å². The Morgan fingerprint density at radius 3 is 1.28 bits per heavy atom. The summed E-state index contributed by atoms with van der Waals surface area (Å²) in [6.07, 6.45) is 54.5. The second-order valence-corrected chi connectivity index (χ2v) is 17.1. The lowest BCUT2D eigenvalue weighted by molar-refractivity contribution is -0.143. The first kappa shape index (κ1) is 55.3. The van der Waals surface area contributed by atoms with Gasteiger partial charge in [-0.2, -0.15) is 0 Å². The zero-order valence-corrected chi connectivity index (χ0v) is 38.1. The molecule has 0 aliphatic rings. The molecule has 0 aliphatic heterocycles. The van der Waals surface area contributed by atoms with Crippen LogP contribution in [0.1, 0.15) is 264 Å². The summed E-state index contributed by atoms with van der Waals surface area (Å²) < 4.78 is 5.44. The SMILES string of the molecule is CCCCC/C=C\CCCCCCCC(=O)OCCCCCCCCCCCCCC(=O)NC(CO)C(O)/C=C/CCCCCCCCCCCCCCCCC. The van der Waals surface area contributed by atoms with Gasteiger partial charge in [-0.05, 0) is 57.8 Å². The molecule has 6 nitrogen and oxygen atoms in total. The van der Waals surface area contributed by atoms with Gasteiger partial charge < -0.3 is 20.3 Å². The predicted octanol–water partition coefficient (Wildman–Crippen LogP) is 14.7. The van der Waals surface area contributed by atoms with Crippen LogP contribution in [0.15, 0.2) is 24.3 Å². The maximum absolute atomic E-state index is 12.4. The first-order valence-corrected chi connectivity index (χ1v) is 25.1. The van der Waals surface area contributed by atoms with E-state index in [0.29, 0.717) is 19.4 Å². The molecule has 0 fully saturated rings. The van der Waals surface area contributed by atoms with Crippen LogP contribution in [0, 0.1) is 0 Å². The van der Waals surface area contributed by atoms with E-state index in [1.165, 1.54) is 180 Å². The third kappa shape index (κ3) is 43.7. The Labute approximate surface area is 354 Å². The summed E-state index contributed by atoms with van der Waals surface area (Å²) >= 11 is 0. The first-order chi connectivity index (χ1) is 28.0. The van der Waals surface area contributed by atoms with E-state index < -0.39 is 12.1 Å². The average molecular weight is 804 g/mol. The van der Waals surface area contributed by atoms with Crippen molar-refractivity contribution in [1.82, 2.24) is 5.32 Å². The molecule has 0 saturated carbocycles. The monoisotopic (exact) mass is 804 g/mol. The molecular formula is C51H97NO5. The van der Waals surface area contributed by atoms with Gasteiger partial charge in [-0.1, -0.05) is 218 Å². The van der Waals surface area contributed by atoms with Gasteiger partial charge in [0.2, 0.25) is 5.91 Å². The number of ether oxygens (including phenoxy) is 1. The highest BCUT2D eigenvalue weighted by Gasteiger charge is 2.18. The van der Waals surface area contributed by atoms with Gasteiger partial charge in [0.05, 0.1) is 25.4 Å². The standard InChI is InChI=1S/C51H97NO5/c1-3-5-7-9-11-13-15-17-18-19-20-21-23-27-31-35-39-43-49(54)48(47-53)52-50(55)44-40-36-32-28-24-22-26-30-34-38-42-46-57-51(56)45-41-37-33-29-25-16-14-12-10-8-6-4-2/h12,14,39,43,48-49,53-54H,3-11,13,15-38,40-42,44-47H2,1-2H3,(H,52,55)/b14-12-,43-39+. The number of rotatable bonds is 46.